The van der Waals surface area contributed by atoms with E-state index in [1.165, 1.54) is 0 Å². The van der Waals surface area contributed by atoms with Crippen molar-refractivity contribution in [1.82, 2.24) is 10.2 Å². The molecular weight excluding hydrogens is 292 g/mol. The number of amides is 1. The fraction of sp³-hybridized carbons (Fsp3) is 0.556. The van der Waals surface area contributed by atoms with Gasteiger partial charge in [0.2, 0.25) is 5.91 Å². The van der Waals surface area contributed by atoms with Crippen LogP contribution in [-0.2, 0) is 4.79 Å². The van der Waals surface area contributed by atoms with Crippen LogP contribution in [0.2, 0.25) is 0 Å². The number of hydrogen-bond acceptors (Lipinski definition) is 4. The van der Waals surface area contributed by atoms with Crippen LogP contribution < -0.4 is 10.1 Å². The zero-order valence-corrected chi connectivity index (χ0v) is 13.6. The molecule has 1 N–H and O–H groups in total. The molecular formula is C18H24N2O3. The van der Waals surface area contributed by atoms with Gasteiger partial charge in [0.15, 0.2) is 5.78 Å². The number of nitrogens with zero attached hydrogens (tertiary/aromatic N) is 1. The van der Waals surface area contributed by atoms with E-state index in [0.29, 0.717) is 13.1 Å². The lowest BCUT2D eigenvalue weighted by atomic mass is 9.88. The Balaban J connectivity index is 1.55. The maximum absolute atomic E-state index is 12.6. The highest BCUT2D eigenvalue weighted by Crippen LogP contribution is 2.24. The number of benzene rings is 1. The molecule has 3 rings (SSSR count). The van der Waals surface area contributed by atoms with Crippen molar-refractivity contribution in [2.24, 2.45) is 5.92 Å². The Morgan fingerprint density at radius 2 is 1.83 bits per heavy atom. The van der Waals surface area contributed by atoms with Crippen molar-refractivity contribution in [1.29, 1.82) is 0 Å². The average molecular weight is 316 g/mol. The van der Waals surface area contributed by atoms with E-state index in [2.05, 4.69) is 5.32 Å². The molecule has 2 aliphatic rings. The number of ketones is 1. The maximum Gasteiger partial charge on any atom is 0.239 e. The summed E-state index contributed by atoms with van der Waals surface area (Å²) in [5.41, 5.74) is 0.730. The number of piperidine rings is 1. The highest BCUT2D eigenvalue weighted by molar-refractivity contribution is 5.98. The smallest absolute Gasteiger partial charge is 0.239 e. The number of carbonyl (C=O) groups is 2. The second-order valence-electron chi connectivity index (χ2n) is 6.34. The minimum Gasteiger partial charge on any atom is -0.497 e. The van der Waals surface area contributed by atoms with E-state index in [-0.39, 0.29) is 23.7 Å². The predicted octanol–water partition coefficient (Wildman–Crippen LogP) is 1.87. The first-order chi connectivity index (χ1) is 11.2. The molecule has 0 aliphatic carbocycles. The lowest BCUT2D eigenvalue weighted by molar-refractivity contribution is -0.134. The molecule has 0 bridgehead atoms. The molecule has 1 unspecified atom stereocenters. The highest BCUT2D eigenvalue weighted by Gasteiger charge is 2.32. The van der Waals surface area contributed by atoms with Crippen molar-refractivity contribution in [3.05, 3.63) is 29.8 Å². The van der Waals surface area contributed by atoms with Crippen molar-refractivity contribution in [2.45, 2.75) is 31.7 Å². The van der Waals surface area contributed by atoms with Gasteiger partial charge in [-0.05, 0) is 56.5 Å². The number of hydrogen-bond donors (Lipinski definition) is 1. The lowest BCUT2D eigenvalue weighted by Crippen LogP contribution is -2.47. The first-order valence-electron chi connectivity index (χ1n) is 8.39. The first kappa shape index (κ1) is 16.0. The van der Waals surface area contributed by atoms with Crippen molar-refractivity contribution in [3.8, 4) is 5.75 Å². The Morgan fingerprint density at radius 1 is 1.13 bits per heavy atom. The molecule has 5 heteroatoms. The molecule has 23 heavy (non-hydrogen) atoms. The van der Waals surface area contributed by atoms with E-state index in [1.807, 2.05) is 29.2 Å². The van der Waals surface area contributed by atoms with Crippen molar-refractivity contribution >= 4 is 11.7 Å². The molecule has 2 fully saturated rings. The molecule has 1 amide bonds. The third-order valence-electron chi connectivity index (χ3n) is 4.91. The monoisotopic (exact) mass is 316 g/mol. The summed E-state index contributed by atoms with van der Waals surface area (Å²) in [4.78, 5) is 26.9. The molecule has 2 aliphatic heterocycles. The number of likely N-dealkylation sites (tertiary alicyclic amines) is 1. The summed E-state index contributed by atoms with van der Waals surface area (Å²) >= 11 is 0. The Bertz CT molecular complexity index is 556. The van der Waals surface area contributed by atoms with E-state index >= 15 is 0 Å². The van der Waals surface area contributed by atoms with Gasteiger partial charge in [0.05, 0.1) is 13.2 Å². The fourth-order valence-corrected chi connectivity index (χ4v) is 3.47. The number of methoxy groups -OCH3 is 1. The lowest BCUT2D eigenvalue weighted by Gasteiger charge is -2.33. The SMILES string of the molecule is COc1ccc(C(=O)C2CCN(C(=O)C3CCCN3)CC2)cc1. The van der Waals surface area contributed by atoms with Crippen LogP contribution in [0.5, 0.6) is 5.75 Å². The van der Waals surface area contributed by atoms with Crippen molar-refractivity contribution < 1.29 is 14.3 Å². The minimum atomic E-state index is -0.0103. The average Bonchev–Trinajstić information content (AvgIpc) is 3.15. The number of Topliss-reactive ketones (excluding diaryl/α,β-unsaturated/α-hetero) is 1. The second-order valence-corrected chi connectivity index (χ2v) is 6.34. The molecule has 5 nitrogen and oxygen atoms in total. The van der Waals surface area contributed by atoms with Gasteiger partial charge in [-0.15, -0.1) is 0 Å². The van der Waals surface area contributed by atoms with Crippen LogP contribution in [0, 0.1) is 5.92 Å². The van der Waals surface area contributed by atoms with Gasteiger partial charge >= 0.3 is 0 Å². The zero-order valence-electron chi connectivity index (χ0n) is 13.6. The van der Waals surface area contributed by atoms with Crippen LogP contribution in [0.15, 0.2) is 24.3 Å². The summed E-state index contributed by atoms with van der Waals surface area (Å²) in [5, 5.41) is 3.25. The molecule has 1 atom stereocenters. The van der Waals surface area contributed by atoms with Crippen LogP contribution in [0.25, 0.3) is 0 Å². The van der Waals surface area contributed by atoms with Crippen LogP contribution in [0.4, 0.5) is 0 Å². The number of rotatable bonds is 4. The Labute approximate surface area is 137 Å². The highest BCUT2D eigenvalue weighted by atomic mass is 16.5. The fourth-order valence-electron chi connectivity index (χ4n) is 3.47. The van der Waals surface area contributed by atoms with E-state index in [1.54, 1.807) is 7.11 Å². The van der Waals surface area contributed by atoms with Gasteiger partial charge < -0.3 is 15.0 Å². The number of ether oxygens (including phenoxy) is 1. The van der Waals surface area contributed by atoms with E-state index in [4.69, 9.17) is 4.74 Å². The summed E-state index contributed by atoms with van der Waals surface area (Å²) < 4.78 is 5.12. The standard InChI is InChI=1S/C18H24N2O3/c1-23-15-6-4-13(5-7-15)17(21)14-8-11-20(12-9-14)18(22)16-3-2-10-19-16/h4-7,14,16,19H,2-3,8-12H2,1H3. The summed E-state index contributed by atoms with van der Waals surface area (Å²) in [6.07, 6.45) is 3.51. The summed E-state index contributed by atoms with van der Waals surface area (Å²) in [6.45, 7) is 2.30. The van der Waals surface area contributed by atoms with Crippen molar-refractivity contribution in [3.63, 3.8) is 0 Å². The van der Waals surface area contributed by atoms with Gasteiger partial charge in [0.25, 0.3) is 0 Å². The Hall–Kier alpha value is -1.88. The summed E-state index contributed by atoms with van der Waals surface area (Å²) in [6, 6.07) is 7.27. The number of nitrogens with one attached hydrogen (secondary N) is 1. The van der Waals surface area contributed by atoms with Gasteiger partial charge in [0, 0.05) is 24.6 Å². The molecule has 1 aromatic rings. The molecule has 2 saturated heterocycles. The second kappa shape index (κ2) is 7.13. The topological polar surface area (TPSA) is 58.6 Å². The first-order valence-corrected chi connectivity index (χ1v) is 8.39. The molecule has 0 saturated carbocycles. The molecule has 124 valence electrons. The van der Waals surface area contributed by atoms with E-state index in [0.717, 1.165) is 43.5 Å². The van der Waals surface area contributed by atoms with Crippen molar-refractivity contribution in [2.75, 3.05) is 26.7 Å². The normalized spacial score (nSPS) is 22.1. The Morgan fingerprint density at radius 3 is 2.39 bits per heavy atom. The predicted molar refractivity (Wildman–Crippen MR) is 87.7 cm³/mol. The van der Waals surface area contributed by atoms with Gasteiger partial charge in [-0.25, -0.2) is 0 Å². The molecule has 0 spiro atoms. The molecule has 2 heterocycles. The molecule has 0 aromatic heterocycles. The van der Waals surface area contributed by atoms with Gasteiger partial charge in [-0.3, -0.25) is 9.59 Å². The van der Waals surface area contributed by atoms with Crippen LogP contribution in [-0.4, -0.2) is 49.4 Å². The van der Waals surface area contributed by atoms with E-state index < -0.39 is 0 Å². The maximum atomic E-state index is 12.6. The van der Waals surface area contributed by atoms with Gasteiger partial charge in [0.1, 0.15) is 5.75 Å². The zero-order chi connectivity index (χ0) is 16.2. The van der Waals surface area contributed by atoms with Crippen LogP contribution in [0.1, 0.15) is 36.0 Å². The largest absolute Gasteiger partial charge is 0.497 e. The van der Waals surface area contributed by atoms with Gasteiger partial charge in [-0.1, -0.05) is 0 Å². The quantitative estimate of drug-likeness (QED) is 0.862. The number of carbonyl (C=O) groups excluding carboxylic acids is 2. The molecule has 0 radical (unpaired) electrons. The van der Waals surface area contributed by atoms with Crippen LogP contribution in [0.3, 0.4) is 0 Å². The molecule has 1 aromatic carbocycles. The van der Waals surface area contributed by atoms with E-state index in [9.17, 15) is 9.59 Å². The Kier molecular flexibility index (Phi) is 4.96. The third-order valence-corrected chi connectivity index (χ3v) is 4.91. The minimum absolute atomic E-state index is 0.0103. The third kappa shape index (κ3) is 3.55. The van der Waals surface area contributed by atoms with Gasteiger partial charge in [-0.2, -0.15) is 0 Å². The summed E-state index contributed by atoms with van der Waals surface area (Å²) in [5.74, 6) is 1.16. The summed E-state index contributed by atoms with van der Waals surface area (Å²) in [7, 11) is 1.61. The van der Waals surface area contributed by atoms with Crippen LogP contribution >= 0.6 is 0 Å².